The van der Waals surface area contributed by atoms with Crippen molar-refractivity contribution in [2.24, 2.45) is 0 Å². The van der Waals surface area contributed by atoms with Gasteiger partial charge in [0.15, 0.2) is 6.61 Å². The van der Waals surface area contributed by atoms with Gasteiger partial charge in [0.25, 0.3) is 17.7 Å². The summed E-state index contributed by atoms with van der Waals surface area (Å²) in [6.07, 6.45) is 0. The highest BCUT2D eigenvalue weighted by atomic mass is 16.5. The number of hydrogen-bond acceptors (Lipinski definition) is 5. The summed E-state index contributed by atoms with van der Waals surface area (Å²) in [4.78, 5) is 49.5. The molecule has 3 amide bonds. The van der Waals surface area contributed by atoms with Crippen molar-refractivity contribution >= 4 is 29.4 Å². The monoisotopic (exact) mass is 487 g/mol. The Labute approximate surface area is 210 Å². The zero-order valence-electron chi connectivity index (χ0n) is 20.5. The third-order valence-electron chi connectivity index (χ3n) is 5.33. The van der Waals surface area contributed by atoms with Crippen LogP contribution in [0.5, 0.6) is 0 Å². The smallest absolute Gasteiger partial charge is 0.325 e. The number of ether oxygens (including phenoxy) is 1. The average Bonchev–Trinajstić information content (AvgIpc) is 2.86. The second-order valence-corrected chi connectivity index (χ2v) is 8.42. The number of para-hydroxylation sites is 1. The van der Waals surface area contributed by atoms with Crippen molar-refractivity contribution in [3.8, 4) is 0 Å². The molecule has 3 rings (SSSR count). The number of rotatable bonds is 9. The molecule has 186 valence electrons. The number of anilines is 1. The Kier molecular flexibility index (Phi) is 8.94. The number of esters is 1. The van der Waals surface area contributed by atoms with E-state index in [4.69, 9.17) is 4.74 Å². The van der Waals surface area contributed by atoms with Crippen molar-refractivity contribution in [2.75, 3.05) is 18.5 Å². The fourth-order valence-corrected chi connectivity index (χ4v) is 3.63. The predicted molar refractivity (Wildman–Crippen MR) is 137 cm³/mol. The summed E-state index contributed by atoms with van der Waals surface area (Å²) in [6, 6.07) is 21.2. The number of benzene rings is 3. The number of amides is 3. The van der Waals surface area contributed by atoms with E-state index in [1.54, 1.807) is 36.4 Å². The lowest BCUT2D eigenvalue weighted by Gasteiger charge is -2.16. The van der Waals surface area contributed by atoms with Crippen LogP contribution in [0.15, 0.2) is 72.8 Å². The van der Waals surface area contributed by atoms with Crippen molar-refractivity contribution in [3.63, 3.8) is 0 Å². The Balaban J connectivity index is 1.50. The lowest BCUT2D eigenvalue weighted by atomic mass is 10.1. The van der Waals surface area contributed by atoms with Crippen LogP contribution in [0.1, 0.15) is 50.4 Å². The minimum atomic E-state index is -0.759. The Morgan fingerprint density at radius 2 is 1.47 bits per heavy atom. The van der Waals surface area contributed by atoms with E-state index in [1.807, 2.05) is 57.2 Å². The van der Waals surface area contributed by atoms with Crippen LogP contribution in [0.25, 0.3) is 0 Å². The van der Waals surface area contributed by atoms with Gasteiger partial charge in [-0.2, -0.15) is 0 Å². The molecule has 1 atom stereocenters. The minimum Gasteiger partial charge on any atom is -0.454 e. The van der Waals surface area contributed by atoms with Gasteiger partial charge in [-0.05, 0) is 50.6 Å². The highest BCUT2D eigenvalue weighted by molar-refractivity contribution is 6.04. The van der Waals surface area contributed by atoms with Gasteiger partial charge in [-0.15, -0.1) is 0 Å². The minimum absolute atomic E-state index is 0.234. The van der Waals surface area contributed by atoms with Crippen molar-refractivity contribution < 1.29 is 23.9 Å². The van der Waals surface area contributed by atoms with Crippen LogP contribution >= 0.6 is 0 Å². The molecule has 3 aromatic carbocycles. The van der Waals surface area contributed by atoms with E-state index >= 15 is 0 Å². The van der Waals surface area contributed by atoms with Crippen LogP contribution in [-0.2, 0) is 14.3 Å². The number of aryl methyl sites for hydroxylation is 2. The second kappa shape index (κ2) is 12.3. The summed E-state index contributed by atoms with van der Waals surface area (Å²) in [5, 5.41) is 7.99. The maximum atomic E-state index is 12.8. The Morgan fingerprint density at radius 1 is 0.833 bits per heavy atom. The van der Waals surface area contributed by atoms with Crippen LogP contribution in [0.2, 0.25) is 0 Å². The molecule has 0 saturated heterocycles. The van der Waals surface area contributed by atoms with Crippen LogP contribution in [0, 0.1) is 13.8 Å². The van der Waals surface area contributed by atoms with E-state index < -0.39 is 24.4 Å². The summed E-state index contributed by atoms with van der Waals surface area (Å²) >= 11 is 0. The molecule has 0 aliphatic carbocycles. The standard InChI is InChI=1S/C28H29N3O5/c1-18-13-19(2)15-22(14-18)27(34)29-16-26(33)36-17-25(32)31-24-12-8-7-11-23(24)28(35)30-20(3)21-9-5-4-6-10-21/h4-15,20H,16-17H2,1-3H3,(H,29,34)(H,30,35)(H,31,32). The Morgan fingerprint density at radius 3 is 2.17 bits per heavy atom. The molecule has 8 nitrogen and oxygen atoms in total. The normalized spacial score (nSPS) is 11.2. The topological polar surface area (TPSA) is 114 Å². The fourth-order valence-electron chi connectivity index (χ4n) is 3.63. The van der Waals surface area contributed by atoms with Gasteiger partial charge in [0.2, 0.25) is 0 Å². The quantitative estimate of drug-likeness (QED) is 0.398. The second-order valence-electron chi connectivity index (χ2n) is 8.42. The number of carbonyl (C=O) groups is 4. The van der Waals surface area contributed by atoms with Crippen molar-refractivity contribution in [1.29, 1.82) is 0 Å². The number of hydrogen-bond donors (Lipinski definition) is 3. The van der Waals surface area contributed by atoms with Crippen LogP contribution in [0.3, 0.4) is 0 Å². The lowest BCUT2D eigenvalue weighted by Crippen LogP contribution is -2.32. The van der Waals surface area contributed by atoms with Gasteiger partial charge >= 0.3 is 5.97 Å². The van der Waals surface area contributed by atoms with E-state index in [-0.39, 0.29) is 24.1 Å². The molecule has 36 heavy (non-hydrogen) atoms. The van der Waals surface area contributed by atoms with Gasteiger partial charge in [0.05, 0.1) is 17.3 Å². The maximum Gasteiger partial charge on any atom is 0.325 e. The first-order chi connectivity index (χ1) is 17.2. The molecule has 0 saturated carbocycles. The molecule has 0 radical (unpaired) electrons. The summed E-state index contributed by atoms with van der Waals surface area (Å²) in [6.45, 7) is 4.68. The van der Waals surface area contributed by atoms with Crippen LogP contribution < -0.4 is 16.0 Å². The molecule has 3 aromatic rings. The first-order valence-corrected chi connectivity index (χ1v) is 11.5. The Hall–Kier alpha value is -4.46. The van der Waals surface area contributed by atoms with E-state index in [2.05, 4.69) is 16.0 Å². The first kappa shape index (κ1) is 26.2. The molecule has 3 N–H and O–H groups in total. The largest absolute Gasteiger partial charge is 0.454 e. The van der Waals surface area contributed by atoms with Gasteiger partial charge in [0, 0.05) is 5.56 Å². The summed E-state index contributed by atoms with van der Waals surface area (Å²) in [5.41, 5.74) is 3.82. The highest BCUT2D eigenvalue weighted by Crippen LogP contribution is 2.18. The van der Waals surface area contributed by atoms with Crippen LogP contribution in [0.4, 0.5) is 5.69 Å². The fraction of sp³-hybridized carbons (Fsp3) is 0.214. The van der Waals surface area contributed by atoms with Crippen molar-refractivity contribution in [3.05, 3.63) is 101 Å². The zero-order valence-corrected chi connectivity index (χ0v) is 20.5. The first-order valence-electron chi connectivity index (χ1n) is 11.5. The van der Waals surface area contributed by atoms with E-state index in [0.29, 0.717) is 11.3 Å². The zero-order chi connectivity index (χ0) is 26.1. The molecule has 8 heteroatoms. The summed E-state index contributed by atoms with van der Waals surface area (Å²) in [5.74, 6) is -2.13. The number of carbonyl (C=O) groups excluding carboxylic acids is 4. The lowest BCUT2D eigenvalue weighted by molar-refractivity contribution is -0.146. The molecule has 0 aliphatic rings. The van der Waals surface area contributed by atoms with Gasteiger partial charge in [0.1, 0.15) is 6.54 Å². The van der Waals surface area contributed by atoms with Gasteiger partial charge in [-0.1, -0.05) is 59.7 Å². The molecule has 0 spiro atoms. The van der Waals surface area contributed by atoms with E-state index in [9.17, 15) is 19.2 Å². The molecule has 1 unspecified atom stereocenters. The molecule has 0 aromatic heterocycles. The highest BCUT2D eigenvalue weighted by Gasteiger charge is 2.17. The van der Waals surface area contributed by atoms with E-state index in [1.165, 1.54) is 0 Å². The summed E-state index contributed by atoms with van der Waals surface area (Å²) in [7, 11) is 0. The molecule has 0 aliphatic heterocycles. The SMILES string of the molecule is Cc1cc(C)cc(C(=O)NCC(=O)OCC(=O)Nc2ccccc2C(=O)NC(C)c2ccccc2)c1. The van der Waals surface area contributed by atoms with Gasteiger partial charge in [-0.25, -0.2) is 0 Å². The average molecular weight is 488 g/mol. The van der Waals surface area contributed by atoms with Gasteiger partial charge < -0.3 is 20.7 Å². The molecular weight excluding hydrogens is 458 g/mol. The molecule has 0 bridgehead atoms. The molecular formula is C28H29N3O5. The molecule has 0 fully saturated rings. The van der Waals surface area contributed by atoms with Crippen LogP contribution in [-0.4, -0.2) is 36.8 Å². The predicted octanol–water partition coefficient (Wildman–Crippen LogP) is 3.71. The third-order valence-corrected chi connectivity index (χ3v) is 5.33. The maximum absolute atomic E-state index is 12.8. The number of nitrogens with one attached hydrogen (secondary N) is 3. The van der Waals surface area contributed by atoms with Gasteiger partial charge in [-0.3, -0.25) is 19.2 Å². The van der Waals surface area contributed by atoms with Crippen molar-refractivity contribution in [1.82, 2.24) is 10.6 Å². The van der Waals surface area contributed by atoms with Crippen molar-refractivity contribution in [2.45, 2.75) is 26.8 Å². The van der Waals surface area contributed by atoms with E-state index in [0.717, 1.165) is 16.7 Å². The third kappa shape index (κ3) is 7.53. The summed E-state index contributed by atoms with van der Waals surface area (Å²) < 4.78 is 4.97. The molecule has 0 heterocycles. The Bertz CT molecular complexity index is 1240.